The van der Waals surface area contributed by atoms with Crippen molar-refractivity contribution in [3.05, 3.63) is 59.4 Å². The summed E-state index contributed by atoms with van der Waals surface area (Å²) in [6.45, 7) is 6.30. The highest BCUT2D eigenvalue weighted by Gasteiger charge is 2.09. The zero-order valence-electron chi connectivity index (χ0n) is 12.8. The molecule has 0 saturated carbocycles. The normalized spacial score (nSPS) is 12.0. The van der Waals surface area contributed by atoms with E-state index in [1.807, 2.05) is 24.3 Å². The van der Waals surface area contributed by atoms with Crippen LogP contribution in [0, 0.1) is 11.3 Å². The number of hydrogen-bond acceptors (Lipinski definition) is 2. The van der Waals surface area contributed by atoms with E-state index in [1.165, 1.54) is 11.1 Å². The number of aromatic nitrogens is 1. The summed E-state index contributed by atoms with van der Waals surface area (Å²) in [5.74, 6) is 0. The molecule has 0 radical (unpaired) electrons. The third-order valence-electron chi connectivity index (χ3n) is 3.67. The van der Waals surface area contributed by atoms with E-state index in [2.05, 4.69) is 48.3 Å². The molecule has 1 N–H and O–H groups in total. The number of nitrogens with one attached hydrogen (secondary N) is 1. The molecule has 0 aliphatic heterocycles. The quantitative estimate of drug-likeness (QED) is 0.837. The second-order valence-electron chi connectivity index (χ2n) is 5.34. The Bertz CT molecular complexity index is 590. The van der Waals surface area contributed by atoms with E-state index in [0.717, 1.165) is 25.9 Å². The minimum absolute atomic E-state index is 0.437. The highest BCUT2D eigenvalue weighted by Crippen LogP contribution is 2.17. The zero-order chi connectivity index (χ0) is 15.1. The molecular weight excluding hydrogens is 258 g/mol. The van der Waals surface area contributed by atoms with E-state index in [-0.39, 0.29) is 0 Å². The van der Waals surface area contributed by atoms with Gasteiger partial charge in [0, 0.05) is 25.0 Å². The van der Waals surface area contributed by atoms with Gasteiger partial charge in [0.2, 0.25) is 0 Å². The van der Waals surface area contributed by atoms with Crippen molar-refractivity contribution in [3.63, 3.8) is 0 Å². The first-order valence-electron chi connectivity index (χ1n) is 7.65. The van der Waals surface area contributed by atoms with Gasteiger partial charge in [-0.3, -0.25) is 0 Å². The first-order chi connectivity index (χ1) is 10.3. The minimum atomic E-state index is 0.437. The summed E-state index contributed by atoms with van der Waals surface area (Å²) >= 11 is 0. The monoisotopic (exact) mass is 281 g/mol. The van der Waals surface area contributed by atoms with Gasteiger partial charge in [0.15, 0.2) is 0 Å². The molecule has 0 fully saturated rings. The third-order valence-corrected chi connectivity index (χ3v) is 3.67. The fraction of sp³-hybridized carbons (Fsp3) is 0.389. The molecule has 0 spiro atoms. The number of nitrogens with zero attached hydrogens (tertiary/aromatic N) is 2. The van der Waals surface area contributed by atoms with E-state index < -0.39 is 0 Å². The van der Waals surface area contributed by atoms with E-state index in [0.29, 0.717) is 11.6 Å². The molecule has 110 valence electrons. The lowest BCUT2D eigenvalue weighted by molar-refractivity contribution is 0.517. The molecular formula is C18H23N3. The van der Waals surface area contributed by atoms with Crippen molar-refractivity contribution in [3.8, 4) is 6.07 Å². The highest BCUT2D eigenvalue weighted by atomic mass is 15.0. The maximum Gasteiger partial charge on any atom is 0.0991 e. The lowest BCUT2D eigenvalue weighted by Gasteiger charge is -2.15. The van der Waals surface area contributed by atoms with Gasteiger partial charge in [-0.05, 0) is 48.7 Å². The topological polar surface area (TPSA) is 40.8 Å². The van der Waals surface area contributed by atoms with Gasteiger partial charge in [-0.15, -0.1) is 0 Å². The van der Waals surface area contributed by atoms with E-state index >= 15 is 0 Å². The van der Waals surface area contributed by atoms with Gasteiger partial charge in [-0.2, -0.15) is 5.26 Å². The molecule has 21 heavy (non-hydrogen) atoms. The molecule has 1 unspecified atom stereocenters. The fourth-order valence-corrected chi connectivity index (χ4v) is 2.48. The Morgan fingerprint density at radius 1 is 1.19 bits per heavy atom. The Hall–Kier alpha value is -2.05. The van der Waals surface area contributed by atoms with Crippen LogP contribution in [0.4, 0.5) is 0 Å². The Labute approximate surface area is 127 Å². The largest absolute Gasteiger partial charge is 0.350 e. The standard InChI is InChI=1S/C18H23N3/c1-3-10-20-18(4-2)17-9-11-21(14-17)13-16-7-5-15(12-19)6-8-16/h5-9,11,14,18,20H,3-4,10,13H2,1-2H3. The van der Waals surface area contributed by atoms with Crippen molar-refractivity contribution in [1.82, 2.24) is 9.88 Å². The van der Waals surface area contributed by atoms with Crippen LogP contribution in [0.25, 0.3) is 0 Å². The van der Waals surface area contributed by atoms with Crippen molar-refractivity contribution in [2.75, 3.05) is 6.54 Å². The number of benzene rings is 1. The average molecular weight is 281 g/mol. The van der Waals surface area contributed by atoms with Crippen molar-refractivity contribution in [2.45, 2.75) is 39.3 Å². The smallest absolute Gasteiger partial charge is 0.0991 e. The molecule has 1 aromatic carbocycles. The summed E-state index contributed by atoms with van der Waals surface area (Å²) in [6.07, 6.45) is 6.60. The Morgan fingerprint density at radius 2 is 1.95 bits per heavy atom. The van der Waals surface area contributed by atoms with Crippen LogP contribution >= 0.6 is 0 Å². The summed E-state index contributed by atoms with van der Waals surface area (Å²) in [7, 11) is 0. The van der Waals surface area contributed by atoms with Crippen LogP contribution < -0.4 is 5.32 Å². The fourth-order valence-electron chi connectivity index (χ4n) is 2.48. The van der Waals surface area contributed by atoms with Crippen molar-refractivity contribution in [1.29, 1.82) is 5.26 Å². The zero-order valence-corrected chi connectivity index (χ0v) is 12.8. The Kier molecular flexibility index (Phi) is 5.59. The van der Waals surface area contributed by atoms with Crippen molar-refractivity contribution in [2.24, 2.45) is 0 Å². The first-order valence-corrected chi connectivity index (χ1v) is 7.65. The predicted octanol–water partition coefficient (Wildman–Crippen LogP) is 3.86. The van der Waals surface area contributed by atoms with Crippen LogP contribution in [-0.4, -0.2) is 11.1 Å². The molecule has 0 aliphatic carbocycles. The molecule has 0 saturated heterocycles. The van der Waals surface area contributed by atoms with Crippen LogP contribution in [0.2, 0.25) is 0 Å². The summed E-state index contributed by atoms with van der Waals surface area (Å²) < 4.78 is 2.20. The second-order valence-corrected chi connectivity index (χ2v) is 5.34. The van der Waals surface area contributed by atoms with Crippen molar-refractivity contribution >= 4 is 0 Å². The number of hydrogen-bond donors (Lipinski definition) is 1. The molecule has 0 bridgehead atoms. The molecule has 2 aromatic rings. The van der Waals surface area contributed by atoms with Crippen LogP contribution in [0.15, 0.2) is 42.7 Å². The molecule has 1 heterocycles. The lowest BCUT2D eigenvalue weighted by atomic mass is 10.1. The summed E-state index contributed by atoms with van der Waals surface area (Å²) in [4.78, 5) is 0. The summed E-state index contributed by atoms with van der Waals surface area (Å²) in [5, 5.41) is 12.4. The predicted molar refractivity (Wildman–Crippen MR) is 86.0 cm³/mol. The van der Waals surface area contributed by atoms with Crippen LogP contribution in [0.1, 0.15) is 49.4 Å². The summed E-state index contributed by atoms with van der Waals surface area (Å²) in [6, 6.07) is 12.6. The third kappa shape index (κ3) is 4.21. The summed E-state index contributed by atoms with van der Waals surface area (Å²) in [5.41, 5.74) is 3.27. The van der Waals surface area contributed by atoms with Gasteiger partial charge in [0.1, 0.15) is 0 Å². The first kappa shape index (κ1) is 15.3. The number of nitriles is 1. The molecule has 2 rings (SSSR count). The lowest BCUT2D eigenvalue weighted by Crippen LogP contribution is -2.21. The van der Waals surface area contributed by atoms with Gasteiger partial charge in [-0.1, -0.05) is 26.0 Å². The van der Waals surface area contributed by atoms with Gasteiger partial charge in [0.25, 0.3) is 0 Å². The minimum Gasteiger partial charge on any atom is -0.350 e. The highest BCUT2D eigenvalue weighted by molar-refractivity contribution is 5.31. The number of rotatable bonds is 7. The molecule has 1 atom stereocenters. The van der Waals surface area contributed by atoms with Crippen molar-refractivity contribution < 1.29 is 0 Å². The SMILES string of the molecule is CCCNC(CC)c1ccn(Cc2ccc(C#N)cc2)c1. The second kappa shape index (κ2) is 7.66. The molecule has 3 heteroatoms. The van der Waals surface area contributed by atoms with E-state index in [4.69, 9.17) is 5.26 Å². The van der Waals surface area contributed by atoms with Gasteiger partial charge in [-0.25, -0.2) is 0 Å². The molecule has 3 nitrogen and oxygen atoms in total. The molecule has 1 aromatic heterocycles. The van der Waals surface area contributed by atoms with Gasteiger partial charge in [0.05, 0.1) is 11.6 Å². The van der Waals surface area contributed by atoms with Crippen LogP contribution in [0.3, 0.4) is 0 Å². The molecule has 0 amide bonds. The Morgan fingerprint density at radius 3 is 2.57 bits per heavy atom. The Balaban J connectivity index is 2.03. The molecule has 0 aliphatic rings. The van der Waals surface area contributed by atoms with E-state index in [9.17, 15) is 0 Å². The average Bonchev–Trinajstić information content (AvgIpc) is 2.97. The van der Waals surface area contributed by atoms with Crippen LogP contribution in [-0.2, 0) is 6.54 Å². The van der Waals surface area contributed by atoms with Gasteiger partial charge >= 0.3 is 0 Å². The van der Waals surface area contributed by atoms with Gasteiger partial charge < -0.3 is 9.88 Å². The van der Waals surface area contributed by atoms with Crippen LogP contribution in [0.5, 0.6) is 0 Å². The maximum atomic E-state index is 8.82. The van der Waals surface area contributed by atoms with E-state index in [1.54, 1.807) is 0 Å². The maximum absolute atomic E-state index is 8.82.